The van der Waals surface area contributed by atoms with E-state index >= 15 is 0 Å². The molecule has 2 rings (SSSR count). The van der Waals surface area contributed by atoms with Crippen LogP contribution in [0.3, 0.4) is 0 Å². The van der Waals surface area contributed by atoms with Gasteiger partial charge in [-0.2, -0.15) is 18.4 Å². The molecule has 0 saturated heterocycles. The van der Waals surface area contributed by atoms with Crippen molar-refractivity contribution in [3.8, 4) is 16.8 Å². The summed E-state index contributed by atoms with van der Waals surface area (Å²) in [7, 11) is 0. The Hall–Kier alpha value is -1.81. The van der Waals surface area contributed by atoms with E-state index in [1.165, 1.54) is 34.4 Å². The summed E-state index contributed by atoms with van der Waals surface area (Å²) in [6.07, 6.45) is -1.64. The van der Waals surface area contributed by atoms with Crippen molar-refractivity contribution >= 4 is 11.3 Å². The molecule has 0 bridgehead atoms. The summed E-state index contributed by atoms with van der Waals surface area (Å²) >= 11 is 1.39. The van der Waals surface area contributed by atoms with Crippen LogP contribution in [0.1, 0.15) is 0 Å². The highest BCUT2D eigenvalue weighted by atomic mass is 32.1. The van der Waals surface area contributed by atoms with Crippen LogP contribution in [0.25, 0.3) is 10.7 Å². The third kappa shape index (κ3) is 2.54. The first-order chi connectivity index (χ1) is 8.52. The molecule has 0 amide bonds. The van der Waals surface area contributed by atoms with Gasteiger partial charge in [-0.3, -0.25) is 0 Å². The lowest BCUT2D eigenvalue weighted by Crippen LogP contribution is -2.26. The number of nitriles is 1. The lowest BCUT2D eigenvalue weighted by Gasteiger charge is -2.14. The lowest BCUT2D eigenvalue weighted by molar-refractivity contribution is -0.161. The number of imidazole rings is 1. The average Bonchev–Trinajstić information content (AvgIpc) is 2.94. The van der Waals surface area contributed by atoms with Crippen molar-refractivity contribution in [1.82, 2.24) is 9.55 Å². The Morgan fingerprint density at radius 2 is 2.28 bits per heavy atom. The minimum atomic E-state index is -4.52. The molecule has 0 N–H and O–H groups in total. The van der Waals surface area contributed by atoms with Gasteiger partial charge in [0.2, 0.25) is 0 Å². The number of alkyl halides is 3. The molecule has 0 aliphatic heterocycles. The van der Waals surface area contributed by atoms with Gasteiger partial charge in [0.15, 0.2) is 5.92 Å². The zero-order valence-electron chi connectivity index (χ0n) is 9.05. The second kappa shape index (κ2) is 4.82. The number of nitrogens with zero attached hydrogens (tertiary/aromatic N) is 3. The molecule has 0 spiro atoms. The number of thiophene rings is 1. The number of hydrogen-bond donors (Lipinski definition) is 0. The molecule has 2 aromatic heterocycles. The first-order valence-electron chi connectivity index (χ1n) is 5.03. The number of aromatic nitrogens is 2. The fourth-order valence-corrected chi connectivity index (χ4v) is 2.24. The van der Waals surface area contributed by atoms with E-state index in [1.807, 2.05) is 5.38 Å². The minimum Gasteiger partial charge on any atom is -0.329 e. The van der Waals surface area contributed by atoms with Crippen molar-refractivity contribution < 1.29 is 13.2 Å². The molecule has 1 unspecified atom stereocenters. The van der Waals surface area contributed by atoms with E-state index in [4.69, 9.17) is 5.26 Å². The fourth-order valence-electron chi connectivity index (χ4n) is 1.50. The molecule has 18 heavy (non-hydrogen) atoms. The molecule has 94 valence electrons. The molecular weight excluding hydrogens is 263 g/mol. The predicted molar refractivity (Wildman–Crippen MR) is 60.7 cm³/mol. The van der Waals surface area contributed by atoms with Gasteiger partial charge in [-0.1, -0.05) is 6.07 Å². The average molecular weight is 271 g/mol. The second-order valence-electron chi connectivity index (χ2n) is 3.60. The molecule has 2 heterocycles. The lowest BCUT2D eigenvalue weighted by atomic mass is 10.1. The van der Waals surface area contributed by atoms with Crippen LogP contribution in [0.15, 0.2) is 29.9 Å². The van der Waals surface area contributed by atoms with Gasteiger partial charge in [0.05, 0.1) is 10.9 Å². The van der Waals surface area contributed by atoms with Crippen molar-refractivity contribution in [3.63, 3.8) is 0 Å². The summed E-state index contributed by atoms with van der Waals surface area (Å²) in [5.41, 5.74) is 0. The summed E-state index contributed by atoms with van der Waals surface area (Å²) < 4.78 is 39.0. The van der Waals surface area contributed by atoms with Gasteiger partial charge in [-0.05, 0) is 11.4 Å². The highest BCUT2D eigenvalue weighted by Crippen LogP contribution is 2.29. The first kappa shape index (κ1) is 12.6. The van der Waals surface area contributed by atoms with Crippen LogP contribution in [0, 0.1) is 17.2 Å². The van der Waals surface area contributed by atoms with Crippen molar-refractivity contribution in [2.75, 3.05) is 0 Å². The van der Waals surface area contributed by atoms with Crippen LogP contribution < -0.4 is 0 Å². The van der Waals surface area contributed by atoms with E-state index < -0.39 is 18.6 Å². The minimum absolute atomic E-state index is 0.437. The van der Waals surface area contributed by atoms with Gasteiger partial charge in [0.1, 0.15) is 5.82 Å². The van der Waals surface area contributed by atoms with Crippen molar-refractivity contribution in [2.24, 2.45) is 5.92 Å². The quantitative estimate of drug-likeness (QED) is 0.859. The van der Waals surface area contributed by atoms with Gasteiger partial charge < -0.3 is 4.57 Å². The molecule has 0 aliphatic carbocycles. The van der Waals surface area contributed by atoms with E-state index in [9.17, 15) is 13.2 Å². The Morgan fingerprint density at radius 3 is 2.83 bits per heavy atom. The maximum absolute atomic E-state index is 12.5. The van der Waals surface area contributed by atoms with E-state index in [2.05, 4.69) is 4.98 Å². The van der Waals surface area contributed by atoms with Crippen LogP contribution in [0.5, 0.6) is 0 Å². The normalized spacial score (nSPS) is 13.2. The Balaban J connectivity index is 2.26. The van der Waals surface area contributed by atoms with Crippen molar-refractivity contribution in [3.05, 3.63) is 29.9 Å². The Labute approximate surface area is 105 Å². The molecule has 0 fully saturated rings. The molecule has 0 aromatic carbocycles. The molecule has 0 radical (unpaired) electrons. The topological polar surface area (TPSA) is 41.6 Å². The number of hydrogen-bond acceptors (Lipinski definition) is 3. The summed E-state index contributed by atoms with van der Waals surface area (Å²) in [5.74, 6) is -1.57. The molecule has 1 atom stereocenters. The smallest absolute Gasteiger partial charge is 0.329 e. The van der Waals surface area contributed by atoms with Crippen molar-refractivity contribution in [1.29, 1.82) is 5.26 Å². The summed E-state index contributed by atoms with van der Waals surface area (Å²) in [6, 6.07) is 4.86. The standard InChI is InChI=1S/C11H8F3N3S/c12-11(13,14)8(6-15)7-17-4-3-16-10(17)9-2-1-5-18-9/h1-5,8H,7H2. The molecule has 0 saturated carbocycles. The SMILES string of the molecule is N#CC(Cn1ccnc1-c1cccs1)C(F)(F)F. The highest BCUT2D eigenvalue weighted by molar-refractivity contribution is 7.13. The van der Waals surface area contributed by atoms with E-state index in [0.717, 1.165) is 4.88 Å². The van der Waals surface area contributed by atoms with Gasteiger partial charge in [0, 0.05) is 18.9 Å². The van der Waals surface area contributed by atoms with Gasteiger partial charge in [-0.25, -0.2) is 4.98 Å². The zero-order valence-corrected chi connectivity index (χ0v) is 9.87. The van der Waals surface area contributed by atoms with Crippen LogP contribution >= 0.6 is 11.3 Å². The third-order valence-corrected chi connectivity index (χ3v) is 3.25. The van der Waals surface area contributed by atoms with Gasteiger partial charge in [-0.15, -0.1) is 11.3 Å². The monoisotopic (exact) mass is 271 g/mol. The summed E-state index contributed by atoms with van der Waals surface area (Å²) in [5, 5.41) is 10.4. The third-order valence-electron chi connectivity index (χ3n) is 2.39. The molecule has 2 aromatic rings. The van der Waals surface area contributed by atoms with Crippen molar-refractivity contribution in [2.45, 2.75) is 12.7 Å². The predicted octanol–water partition coefficient (Wildman–Crippen LogP) is 3.31. The van der Waals surface area contributed by atoms with Crippen LogP contribution in [-0.2, 0) is 6.54 Å². The maximum atomic E-state index is 12.5. The first-order valence-corrected chi connectivity index (χ1v) is 5.91. The van der Waals surface area contributed by atoms with Crippen LogP contribution in [0.2, 0.25) is 0 Å². The zero-order chi connectivity index (χ0) is 13.2. The highest BCUT2D eigenvalue weighted by Gasteiger charge is 2.40. The Bertz CT molecular complexity index is 551. The second-order valence-corrected chi connectivity index (χ2v) is 4.55. The van der Waals surface area contributed by atoms with Crippen LogP contribution in [-0.4, -0.2) is 15.7 Å². The number of rotatable bonds is 3. The number of halogens is 3. The van der Waals surface area contributed by atoms with E-state index in [-0.39, 0.29) is 0 Å². The molecule has 0 aliphatic rings. The van der Waals surface area contributed by atoms with E-state index in [1.54, 1.807) is 12.1 Å². The fraction of sp³-hybridized carbons (Fsp3) is 0.273. The van der Waals surface area contributed by atoms with Crippen LogP contribution in [0.4, 0.5) is 13.2 Å². The largest absolute Gasteiger partial charge is 0.406 e. The Kier molecular flexibility index (Phi) is 3.39. The summed E-state index contributed by atoms with van der Waals surface area (Å²) in [4.78, 5) is 4.80. The van der Waals surface area contributed by atoms with Gasteiger partial charge in [0.25, 0.3) is 0 Å². The van der Waals surface area contributed by atoms with E-state index in [0.29, 0.717) is 5.82 Å². The summed E-state index contributed by atoms with van der Waals surface area (Å²) in [6.45, 7) is -0.437. The molecular formula is C11H8F3N3S. The Morgan fingerprint density at radius 1 is 1.50 bits per heavy atom. The molecule has 7 heteroatoms. The van der Waals surface area contributed by atoms with Gasteiger partial charge >= 0.3 is 6.18 Å². The maximum Gasteiger partial charge on any atom is 0.406 e. The molecule has 3 nitrogen and oxygen atoms in total.